The molecule has 0 saturated heterocycles. The van der Waals surface area contributed by atoms with Crippen LogP contribution in [0.3, 0.4) is 0 Å². The van der Waals surface area contributed by atoms with Crippen molar-refractivity contribution in [2.75, 3.05) is 0 Å². The van der Waals surface area contributed by atoms with Crippen LogP contribution in [0.15, 0.2) is 52.7 Å². The molecule has 2 rings (SSSR count). The molecule has 0 aliphatic carbocycles. The van der Waals surface area contributed by atoms with Crippen LogP contribution in [0, 0.1) is 0 Å². The van der Waals surface area contributed by atoms with Gasteiger partial charge in [-0.3, -0.25) is 9.59 Å². The van der Waals surface area contributed by atoms with Crippen molar-refractivity contribution < 1.29 is 18.0 Å². The molecule has 7 heteroatoms. The van der Waals surface area contributed by atoms with Crippen LogP contribution in [0.4, 0.5) is 0 Å². The third-order valence-electron chi connectivity index (χ3n) is 3.19. The van der Waals surface area contributed by atoms with E-state index in [-0.39, 0.29) is 23.5 Å². The highest BCUT2D eigenvalue weighted by Gasteiger charge is 2.32. The third-order valence-corrected chi connectivity index (χ3v) is 6.25. The maximum Gasteiger partial charge on any atom is 0.236 e. The van der Waals surface area contributed by atoms with Crippen LogP contribution >= 0.6 is 11.3 Å². The number of benzene rings is 1. The van der Waals surface area contributed by atoms with Gasteiger partial charge in [0.1, 0.15) is 5.25 Å². The molecular formula is C15H15NO4S2. The Morgan fingerprint density at radius 2 is 1.77 bits per heavy atom. The van der Waals surface area contributed by atoms with E-state index in [4.69, 9.17) is 5.73 Å². The van der Waals surface area contributed by atoms with Crippen molar-refractivity contribution in [2.24, 2.45) is 5.73 Å². The smallest absolute Gasteiger partial charge is 0.236 e. The third kappa shape index (κ3) is 3.61. The van der Waals surface area contributed by atoms with Crippen LogP contribution in [0.25, 0.3) is 0 Å². The number of Topliss-reactive ketones (excluding diaryl/α,β-unsaturated/α-hetero) is 1. The van der Waals surface area contributed by atoms with Crippen LogP contribution < -0.4 is 5.73 Å². The Morgan fingerprint density at radius 3 is 2.32 bits per heavy atom. The maximum atomic E-state index is 12.5. The molecule has 1 heterocycles. The molecule has 0 fully saturated rings. The first-order chi connectivity index (χ1) is 10.4. The standard InChI is InChI=1S/C15H15NO4S2/c16-15(18)14(9-8-12(17)13-7-4-10-21-13)22(19,20)11-5-2-1-3-6-11/h1-7,10,14H,8-9H2,(H2,16,18)/t14-/m1/s1. The van der Waals surface area contributed by atoms with Gasteiger partial charge in [-0.05, 0) is 30.0 Å². The number of primary amides is 1. The number of hydrogen-bond acceptors (Lipinski definition) is 5. The summed E-state index contributed by atoms with van der Waals surface area (Å²) >= 11 is 1.28. The lowest BCUT2D eigenvalue weighted by molar-refractivity contribution is -0.117. The number of rotatable bonds is 7. The molecule has 1 aromatic heterocycles. The lowest BCUT2D eigenvalue weighted by atomic mass is 10.1. The zero-order valence-electron chi connectivity index (χ0n) is 11.6. The maximum absolute atomic E-state index is 12.5. The molecule has 22 heavy (non-hydrogen) atoms. The molecule has 0 saturated carbocycles. The summed E-state index contributed by atoms with van der Waals surface area (Å²) in [5.41, 5.74) is 5.24. The number of hydrogen-bond donors (Lipinski definition) is 1. The largest absolute Gasteiger partial charge is 0.369 e. The molecule has 2 N–H and O–H groups in total. The van der Waals surface area contributed by atoms with Gasteiger partial charge in [-0.15, -0.1) is 11.3 Å². The highest BCUT2D eigenvalue weighted by atomic mass is 32.2. The van der Waals surface area contributed by atoms with Crippen molar-refractivity contribution >= 4 is 32.9 Å². The fourth-order valence-electron chi connectivity index (χ4n) is 2.05. The highest BCUT2D eigenvalue weighted by Crippen LogP contribution is 2.21. The van der Waals surface area contributed by atoms with Gasteiger partial charge < -0.3 is 5.73 Å². The molecule has 1 aromatic carbocycles. The average Bonchev–Trinajstić information content (AvgIpc) is 3.02. The first-order valence-corrected chi connectivity index (χ1v) is 9.00. The minimum absolute atomic E-state index is 0.0300. The van der Waals surface area contributed by atoms with Crippen molar-refractivity contribution in [1.29, 1.82) is 0 Å². The summed E-state index contributed by atoms with van der Waals surface area (Å²) in [5, 5.41) is 0.360. The molecule has 0 bridgehead atoms. The van der Waals surface area contributed by atoms with Crippen LogP contribution in [-0.4, -0.2) is 25.4 Å². The predicted octanol–water partition coefficient (Wildman–Crippen LogP) is 2.04. The topological polar surface area (TPSA) is 94.3 Å². The molecule has 0 aliphatic heterocycles. The molecule has 2 aromatic rings. The number of nitrogens with two attached hydrogens (primary N) is 1. The van der Waals surface area contributed by atoms with Crippen LogP contribution in [0.1, 0.15) is 22.5 Å². The van der Waals surface area contributed by atoms with E-state index in [1.54, 1.807) is 35.7 Å². The fourth-order valence-corrected chi connectivity index (χ4v) is 4.34. The molecule has 0 spiro atoms. The SMILES string of the molecule is NC(=O)[C@@H](CCC(=O)c1cccs1)S(=O)(=O)c1ccccc1. The van der Waals surface area contributed by atoms with E-state index >= 15 is 0 Å². The van der Waals surface area contributed by atoms with E-state index in [1.165, 1.54) is 23.5 Å². The predicted molar refractivity (Wildman–Crippen MR) is 84.5 cm³/mol. The average molecular weight is 337 g/mol. The second kappa shape index (κ2) is 6.85. The van der Waals surface area contributed by atoms with E-state index in [9.17, 15) is 18.0 Å². The van der Waals surface area contributed by atoms with Crippen LogP contribution in [0.2, 0.25) is 0 Å². The van der Waals surface area contributed by atoms with Gasteiger partial charge in [0.2, 0.25) is 5.91 Å². The summed E-state index contributed by atoms with van der Waals surface area (Å²) in [6.45, 7) is 0. The molecular weight excluding hydrogens is 322 g/mol. The van der Waals surface area contributed by atoms with Crippen molar-refractivity contribution in [3.63, 3.8) is 0 Å². The molecule has 1 amide bonds. The van der Waals surface area contributed by atoms with Gasteiger partial charge in [0.25, 0.3) is 0 Å². The summed E-state index contributed by atoms with van der Waals surface area (Å²) < 4.78 is 24.9. The Balaban J connectivity index is 2.17. The van der Waals surface area contributed by atoms with Crippen molar-refractivity contribution in [3.8, 4) is 0 Å². The van der Waals surface area contributed by atoms with Crippen LogP contribution in [-0.2, 0) is 14.6 Å². The van der Waals surface area contributed by atoms with Gasteiger partial charge in [0, 0.05) is 6.42 Å². The Labute approximate surface area is 132 Å². The minimum Gasteiger partial charge on any atom is -0.369 e. The number of carbonyl (C=O) groups is 2. The highest BCUT2D eigenvalue weighted by molar-refractivity contribution is 7.92. The Morgan fingerprint density at radius 1 is 1.09 bits per heavy atom. The minimum atomic E-state index is -3.89. The number of carbonyl (C=O) groups excluding carboxylic acids is 2. The van der Waals surface area contributed by atoms with E-state index in [0.29, 0.717) is 4.88 Å². The number of sulfone groups is 1. The van der Waals surface area contributed by atoms with Gasteiger partial charge in [-0.1, -0.05) is 24.3 Å². The monoisotopic (exact) mass is 337 g/mol. The van der Waals surface area contributed by atoms with E-state index < -0.39 is 21.0 Å². The second-order valence-corrected chi connectivity index (χ2v) is 7.77. The summed E-state index contributed by atoms with van der Waals surface area (Å²) in [5.74, 6) is -1.13. The Hall–Kier alpha value is -1.99. The molecule has 116 valence electrons. The van der Waals surface area contributed by atoms with Gasteiger partial charge in [-0.2, -0.15) is 0 Å². The Kier molecular flexibility index (Phi) is 5.10. The lowest BCUT2D eigenvalue weighted by Crippen LogP contribution is -2.36. The zero-order valence-corrected chi connectivity index (χ0v) is 13.3. The van der Waals surface area contributed by atoms with E-state index in [1.807, 2.05) is 0 Å². The molecule has 0 unspecified atom stereocenters. The first kappa shape index (κ1) is 16.4. The number of amides is 1. The fraction of sp³-hybridized carbons (Fsp3) is 0.200. The van der Waals surface area contributed by atoms with Gasteiger partial charge in [0.05, 0.1) is 9.77 Å². The second-order valence-electron chi connectivity index (χ2n) is 4.69. The quantitative estimate of drug-likeness (QED) is 0.782. The summed E-state index contributed by atoms with van der Waals surface area (Å²) in [6, 6.07) is 11.0. The van der Waals surface area contributed by atoms with Gasteiger partial charge >= 0.3 is 0 Å². The number of thiophene rings is 1. The molecule has 0 radical (unpaired) electrons. The molecule has 5 nitrogen and oxygen atoms in total. The Bertz CT molecular complexity index is 752. The van der Waals surface area contributed by atoms with Crippen molar-refractivity contribution in [1.82, 2.24) is 0 Å². The summed E-state index contributed by atoms with van der Waals surface area (Å²) in [4.78, 5) is 24.1. The first-order valence-electron chi connectivity index (χ1n) is 6.58. The lowest BCUT2D eigenvalue weighted by Gasteiger charge is -2.14. The summed E-state index contributed by atoms with van der Waals surface area (Å²) in [7, 11) is -3.89. The van der Waals surface area contributed by atoms with E-state index in [2.05, 4.69) is 0 Å². The number of ketones is 1. The zero-order chi connectivity index (χ0) is 16.2. The molecule has 0 aliphatic rings. The van der Waals surface area contributed by atoms with Crippen LogP contribution in [0.5, 0.6) is 0 Å². The van der Waals surface area contributed by atoms with Gasteiger partial charge in [0.15, 0.2) is 15.6 Å². The van der Waals surface area contributed by atoms with E-state index in [0.717, 1.165) is 0 Å². The van der Waals surface area contributed by atoms with Gasteiger partial charge in [-0.25, -0.2) is 8.42 Å². The van der Waals surface area contributed by atoms with Crippen molar-refractivity contribution in [2.45, 2.75) is 23.0 Å². The normalized spacial score (nSPS) is 12.7. The molecule has 1 atom stereocenters. The van der Waals surface area contributed by atoms with Crippen molar-refractivity contribution in [3.05, 3.63) is 52.7 Å². The summed E-state index contributed by atoms with van der Waals surface area (Å²) in [6.07, 6.45) is -0.163.